The Kier molecular flexibility index (Phi) is 4.47. The lowest BCUT2D eigenvalue weighted by atomic mass is 10.0. The van der Waals surface area contributed by atoms with Gasteiger partial charge in [-0.25, -0.2) is 0 Å². The molecule has 7 heteroatoms. The molecule has 2 aromatic heterocycles. The third-order valence-corrected chi connectivity index (χ3v) is 4.00. The van der Waals surface area contributed by atoms with Crippen LogP contribution in [0.15, 0.2) is 49.4 Å². The molecule has 0 saturated heterocycles. The summed E-state index contributed by atoms with van der Waals surface area (Å²) in [7, 11) is 3.74. The van der Waals surface area contributed by atoms with Crippen LogP contribution in [0.1, 0.15) is 17.3 Å². The van der Waals surface area contributed by atoms with Crippen molar-refractivity contribution in [2.45, 2.75) is 13.0 Å². The molecule has 0 bridgehead atoms. The van der Waals surface area contributed by atoms with Gasteiger partial charge < -0.3 is 9.88 Å². The minimum Gasteiger partial charge on any atom is -0.346 e. The number of hydrogen-bond donors (Lipinski definition) is 1. The van der Waals surface area contributed by atoms with Crippen LogP contribution in [-0.4, -0.2) is 36.5 Å². The molecule has 1 unspecified atom stereocenters. The average Bonchev–Trinajstić information content (AvgIpc) is 3.20. The van der Waals surface area contributed by atoms with Crippen molar-refractivity contribution in [2.75, 3.05) is 0 Å². The van der Waals surface area contributed by atoms with E-state index in [0.717, 1.165) is 22.6 Å². The first-order valence-corrected chi connectivity index (χ1v) is 7.91. The zero-order valence-corrected chi connectivity index (χ0v) is 14.5. The van der Waals surface area contributed by atoms with E-state index in [2.05, 4.69) is 27.2 Å². The maximum Gasteiger partial charge on any atom is 0.251 e. The lowest BCUT2D eigenvalue weighted by Gasteiger charge is -2.11. The summed E-state index contributed by atoms with van der Waals surface area (Å²) >= 11 is 0. The van der Waals surface area contributed by atoms with E-state index in [1.165, 1.54) is 0 Å². The van der Waals surface area contributed by atoms with Crippen LogP contribution >= 0.6 is 0 Å². The third-order valence-electron chi connectivity index (χ3n) is 4.00. The maximum absolute atomic E-state index is 12.4. The van der Waals surface area contributed by atoms with Gasteiger partial charge in [-0.2, -0.15) is 5.10 Å². The Labute approximate surface area is 146 Å². The van der Waals surface area contributed by atoms with Gasteiger partial charge in [0.2, 0.25) is 0 Å². The van der Waals surface area contributed by atoms with E-state index in [1.54, 1.807) is 29.3 Å². The molecule has 1 N–H and O–H groups in total. The molecular weight excluding hydrogens is 316 g/mol. The van der Waals surface area contributed by atoms with E-state index >= 15 is 0 Å². The van der Waals surface area contributed by atoms with Gasteiger partial charge in [0.05, 0.1) is 17.5 Å². The summed E-state index contributed by atoms with van der Waals surface area (Å²) in [5.41, 5.74) is 3.20. The Bertz CT molecular complexity index is 923. The number of nitrogens with zero attached hydrogens (tertiary/aromatic N) is 5. The van der Waals surface area contributed by atoms with Gasteiger partial charge in [0.25, 0.3) is 5.91 Å². The highest BCUT2D eigenvalue weighted by Gasteiger charge is 2.18. The van der Waals surface area contributed by atoms with Gasteiger partial charge in [0.1, 0.15) is 6.33 Å². The van der Waals surface area contributed by atoms with E-state index < -0.39 is 0 Å². The zero-order valence-electron chi connectivity index (χ0n) is 14.5. The van der Waals surface area contributed by atoms with Crippen LogP contribution < -0.4 is 5.32 Å². The highest BCUT2D eigenvalue weighted by molar-refractivity contribution is 5.96. The summed E-state index contributed by atoms with van der Waals surface area (Å²) in [4.78, 5) is 12.4. The minimum atomic E-state index is -0.142. The molecule has 0 aliphatic rings. The number of amides is 1. The lowest BCUT2D eigenvalue weighted by molar-refractivity contribution is 0.0947. The molecule has 128 valence electrons. The Morgan fingerprint density at radius 2 is 2.16 bits per heavy atom. The van der Waals surface area contributed by atoms with E-state index in [-0.39, 0.29) is 11.9 Å². The number of hydrogen-bond acceptors (Lipinski definition) is 4. The van der Waals surface area contributed by atoms with Gasteiger partial charge in [0.15, 0.2) is 5.82 Å². The molecule has 1 aromatic carbocycles. The van der Waals surface area contributed by atoms with Crippen molar-refractivity contribution in [3.8, 4) is 22.6 Å². The van der Waals surface area contributed by atoms with Crippen molar-refractivity contribution in [3.05, 3.63) is 55.0 Å². The molecule has 1 amide bonds. The number of aryl methyl sites for hydroxylation is 2. The Balaban J connectivity index is 2.03. The number of carbonyl (C=O) groups is 1. The molecule has 7 nitrogen and oxygen atoms in total. The number of benzene rings is 1. The monoisotopic (exact) mass is 336 g/mol. The Morgan fingerprint density at radius 3 is 2.84 bits per heavy atom. The summed E-state index contributed by atoms with van der Waals surface area (Å²) in [5, 5.41) is 15.3. The van der Waals surface area contributed by atoms with Crippen LogP contribution in [0.25, 0.3) is 22.6 Å². The molecule has 0 spiro atoms. The fraction of sp³-hybridized carbons (Fsp3) is 0.222. The van der Waals surface area contributed by atoms with Gasteiger partial charge >= 0.3 is 0 Å². The summed E-state index contributed by atoms with van der Waals surface area (Å²) in [6.07, 6.45) is 5.09. The van der Waals surface area contributed by atoms with Crippen LogP contribution in [-0.2, 0) is 14.1 Å². The van der Waals surface area contributed by atoms with Crippen molar-refractivity contribution in [1.82, 2.24) is 29.9 Å². The normalized spacial score (nSPS) is 12.0. The van der Waals surface area contributed by atoms with Crippen LogP contribution in [0, 0.1) is 0 Å². The van der Waals surface area contributed by atoms with Crippen LogP contribution in [0.2, 0.25) is 0 Å². The van der Waals surface area contributed by atoms with Crippen molar-refractivity contribution >= 4 is 5.91 Å². The maximum atomic E-state index is 12.4. The molecule has 25 heavy (non-hydrogen) atoms. The molecule has 3 aromatic rings. The van der Waals surface area contributed by atoms with E-state index in [0.29, 0.717) is 5.56 Å². The van der Waals surface area contributed by atoms with Crippen molar-refractivity contribution in [1.29, 1.82) is 0 Å². The van der Waals surface area contributed by atoms with Gasteiger partial charge in [0, 0.05) is 31.3 Å². The number of carbonyl (C=O) groups excluding carboxylic acids is 1. The number of nitrogens with one attached hydrogen (secondary N) is 1. The average molecular weight is 336 g/mol. The second-order valence-electron chi connectivity index (χ2n) is 5.87. The van der Waals surface area contributed by atoms with Crippen LogP contribution in [0.5, 0.6) is 0 Å². The fourth-order valence-corrected chi connectivity index (χ4v) is 2.63. The highest BCUT2D eigenvalue weighted by Crippen LogP contribution is 2.30. The Hall–Kier alpha value is -3.22. The highest BCUT2D eigenvalue weighted by atomic mass is 16.1. The van der Waals surface area contributed by atoms with Crippen LogP contribution in [0.3, 0.4) is 0 Å². The molecule has 0 aliphatic heterocycles. The van der Waals surface area contributed by atoms with Gasteiger partial charge in [-0.3, -0.25) is 9.48 Å². The van der Waals surface area contributed by atoms with E-state index in [4.69, 9.17) is 0 Å². The quantitative estimate of drug-likeness (QED) is 0.725. The molecule has 3 rings (SSSR count). The van der Waals surface area contributed by atoms with E-state index in [9.17, 15) is 4.79 Å². The number of aromatic nitrogens is 5. The minimum absolute atomic E-state index is 0.0953. The first kappa shape index (κ1) is 16.6. The van der Waals surface area contributed by atoms with Crippen molar-refractivity contribution in [3.63, 3.8) is 0 Å². The predicted octanol–water partition coefficient (Wildman–Crippen LogP) is 2.19. The summed E-state index contributed by atoms with van der Waals surface area (Å²) in [5.74, 6) is 0.579. The molecular formula is C18H20N6O. The summed E-state index contributed by atoms with van der Waals surface area (Å²) in [6, 6.07) is 7.35. The molecule has 1 atom stereocenters. The molecule has 0 saturated carbocycles. The van der Waals surface area contributed by atoms with Crippen molar-refractivity contribution in [2.24, 2.45) is 14.1 Å². The first-order valence-electron chi connectivity index (χ1n) is 7.91. The summed E-state index contributed by atoms with van der Waals surface area (Å²) in [6.45, 7) is 5.56. The smallest absolute Gasteiger partial charge is 0.251 e. The third kappa shape index (κ3) is 3.21. The van der Waals surface area contributed by atoms with Crippen LogP contribution in [0.4, 0.5) is 0 Å². The summed E-state index contributed by atoms with van der Waals surface area (Å²) < 4.78 is 3.61. The predicted molar refractivity (Wildman–Crippen MR) is 95.8 cm³/mol. The van der Waals surface area contributed by atoms with Gasteiger partial charge in [-0.05, 0) is 19.1 Å². The first-order chi connectivity index (χ1) is 12.0. The second-order valence-corrected chi connectivity index (χ2v) is 5.87. The van der Waals surface area contributed by atoms with Gasteiger partial charge in [-0.15, -0.1) is 16.8 Å². The molecule has 0 radical (unpaired) electrons. The Morgan fingerprint density at radius 1 is 1.36 bits per heavy atom. The largest absolute Gasteiger partial charge is 0.346 e. The molecule has 0 fully saturated rings. The standard InChI is InChI=1S/C18H20N6O/c1-5-12(2)21-18(25)14-8-6-7-13(9-14)16-15(10-20-24(16)4)17-22-19-11-23(17)3/h5-12H,1H2,2-4H3,(H,21,25). The number of rotatable bonds is 5. The zero-order chi connectivity index (χ0) is 18.0. The molecule has 2 heterocycles. The van der Waals surface area contributed by atoms with Gasteiger partial charge in [-0.1, -0.05) is 18.2 Å². The topological polar surface area (TPSA) is 77.6 Å². The fourth-order valence-electron chi connectivity index (χ4n) is 2.63. The SMILES string of the molecule is C=CC(C)NC(=O)c1cccc(-c2c(-c3nncn3C)cnn2C)c1. The van der Waals surface area contributed by atoms with E-state index in [1.807, 2.05) is 43.8 Å². The molecule has 0 aliphatic carbocycles. The van der Waals surface area contributed by atoms with Crippen molar-refractivity contribution < 1.29 is 4.79 Å². The second kappa shape index (κ2) is 6.72. The lowest BCUT2D eigenvalue weighted by Crippen LogP contribution is -2.30.